The number of hydrogen-bond acceptors (Lipinski definition) is 3. The Morgan fingerprint density at radius 2 is 2.24 bits per heavy atom. The van der Waals surface area contributed by atoms with E-state index in [2.05, 4.69) is 23.3 Å². The third-order valence-corrected chi connectivity index (χ3v) is 4.95. The van der Waals surface area contributed by atoms with Crippen LogP contribution in [0, 0.1) is 6.92 Å². The normalized spacial score (nSPS) is 14.1. The van der Waals surface area contributed by atoms with Crippen LogP contribution in [0.25, 0.3) is 10.9 Å². The number of aliphatic hydroxyl groups excluding tert-OH is 1. The first kappa shape index (κ1) is 15.9. The monoisotopic (exact) mass is 306 g/mol. The van der Waals surface area contributed by atoms with Crippen LogP contribution >= 0.6 is 11.8 Å². The molecule has 3 N–H and O–H groups in total. The first-order valence-electron chi connectivity index (χ1n) is 7.05. The average Bonchev–Trinajstić information content (AvgIpc) is 2.84. The van der Waals surface area contributed by atoms with E-state index in [9.17, 15) is 9.90 Å². The topological polar surface area (TPSA) is 65.1 Å². The van der Waals surface area contributed by atoms with E-state index in [1.54, 1.807) is 11.8 Å². The third kappa shape index (κ3) is 3.60. The maximum atomic E-state index is 12.2. The highest BCUT2D eigenvalue weighted by Crippen LogP contribution is 2.21. The van der Waals surface area contributed by atoms with Crippen LogP contribution in [0.5, 0.6) is 0 Å². The molecule has 0 fully saturated rings. The molecule has 5 heteroatoms. The van der Waals surface area contributed by atoms with Crippen molar-refractivity contribution in [1.29, 1.82) is 0 Å². The van der Waals surface area contributed by atoms with E-state index >= 15 is 0 Å². The standard InChI is InChI=1S/C16H22N2O2S/c1-10-5-4-6-13-12(8-17-16(10)13)7-15(20)18-11(2)14(9-19)21-3/h4-6,8,11,14,17,19H,7,9H2,1-3H3,(H,18,20). The van der Waals surface area contributed by atoms with Gasteiger partial charge in [0.05, 0.1) is 13.0 Å². The lowest BCUT2D eigenvalue weighted by molar-refractivity contribution is -0.121. The van der Waals surface area contributed by atoms with Gasteiger partial charge in [-0.05, 0) is 31.2 Å². The van der Waals surface area contributed by atoms with Gasteiger partial charge in [-0.1, -0.05) is 18.2 Å². The summed E-state index contributed by atoms with van der Waals surface area (Å²) in [5.74, 6) is -0.0163. The minimum atomic E-state index is -0.0514. The molecule has 0 aliphatic rings. The van der Waals surface area contributed by atoms with Crippen LogP contribution in [-0.4, -0.2) is 40.2 Å². The van der Waals surface area contributed by atoms with Crippen molar-refractivity contribution in [3.05, 3.63) is 35.5 Å². The molecule has 0 aliphatic carbocycles. The molecule has 4 nitrogen and oxygen atoms in total. The Morgan fingerprint density at radius 3 is 2.90 bits per heavy atom. The van der Waals surface area contributed by atoms with Crippen LogP contribution in [0.15, 0.2) is 24.4 Å². The molecule has 0 aliphatic heterocycles. The van der Waals surface area contributed by atoms with Crippen LogP contribution < -0.4 is 5.32 Å². The molecule has 1 aromatic heterocycles. The molecular formula is C16H22N2O2S. The number of aryl methyl sites for hydroxylation is 1. The lowest BCUT2D eigenvalue weighted by atomic mass is 10.1. The van der Waals surface area contributed by atoms with Gasteiger partial charge in [-0.3, -0.25) is 4.79 Å². The van der Waals surface area contributed by atoms with Crippen molar-refractivity contribution < 1.29 is 9.90 Å². The summed E-state index contributed by atoms with van der Waals surface area (Å²) in [6.07, 6.45) is 4.19. The van der Waals surface area contributed by atoms with Gasteiger partial charge in [0.25, 0.3) is 0 Å². The molecule has 1 aromatic carbocycles. The molecule has 2 atom stereocenters. The number of thioether (sulfide) groups is 1. The van der Waals surface area contributed by atoms with Gasteiger partial charge in [0, 0.05) is 28.4 Å². The lowest BCUT2D eigenvalue weighted by Crippen LogP contribution is -2.41. The van der Waals surface area contributed by atoms with Crippen LogP contribution in [0.3, 0.4) is 0 Å². The fourth-order valence-electron chi connectivity index (χ4n) is 2.52. The van der Waals surface area contributed by atoms with Crippen molar-refractivity contribution in [2.45, 2.75) is 31.6 Å². The van der Waals surface area contributed by atoms with E-state index in [-0.39, 0.29) is 23.8 Å². The summed E-state index contributed by atoms with van der Waals surface area (Å²) in [5, 5.41) is 13.4. The molecule has 0 radical (unpaired) electrons. The molecule has 21 heavy (non-hydrogen) atoms. The second kappa shape index (κ2) is 7.00. The van der Waals surface area contributed by atoms with Gasteiger partial charge in [0.1, 0.15) is 0 Å². The summed E-state index contributed by atoms with van der Waals surface area (Å²) in [5.41, 5.74) is 3.27. The molecule has 0 saturated heterocycles. The minimum Gasteiger partial charge on any atom is -0.395 e. The largest absolute Gasteiger partial charge is 0.395 e. The van der Waals surface area contributed by atoms with E-state index in [4.69, 9.17) is 0 Å². The van der Waals surface area contributed by atoms with E-state index in [0.29, 0.717) is 6.42 Å². The zero-order valence-electron chi connectivity index (χ0n) is 12.6. The summed E-state index contributed by atoms with van der Waals surface area (Å²) < 4.78 is 0. The van der Waals surface area contributed by atoms with Gasteiger partial charge in [-0.15, -0.1) is 0 Å². The summed E-state index contributed by atoms with van der Waals surface area (Å²) in [4.78, 5) is 15.4. The number of aromatic nitrogens is 1. The number of H-pyrrole nitrogens is 1. The summed E-state index contributed by atoms with van der Waals surface area (Å²) in [7, 11) is 0. The smallest absolute Gasteiger partial charge is 0.224 e. The molecule has 1 heterocycles. The molecule has 0 bridgehead atoms. The van der Waals surface area contributed by atoms with Gasteiger partial charge in [-0.25, -0.2) is 0 Å². The molecule has 0 spiro atoms. The Hall–Kier alpha value is -1.46. The Kier molecular flexibility index (Phi) is 5.31. The van der Waals surface area contributed by atoms with Gasteiger partial charge >= 0.3 is 0 Å². The number of amides is 1. The Morgan fingerprint density at radius 1 is 1.48 bits per heavy atom. The number of para-hydroxylation sites is 1. The molecule has 114 valence electrons. The van der Waals surface area contributed by atoms with E-state index in [1.807, 2.05) is 31.5 Å². The number of fused-ring (bicyclic) bond motifs is 1. The van der Waals surface area contributed by atoms with E-state index in [1.165, 1.54) is 5.56 Å². The molecule has 0 saturated carbocycles. The predicted molar refractivity (Wildman–Crippen MR) is 88.7 cm³/mol. The summed E-state index contributed by atoms with van der Waals surface area (Å²) in [6.45, 7) is 4.04. The van der Waals surface area contributed by atoms with Crippen molar-refractivity contribution in [3.8, 4) is 0 Å². The maximum absolute atomic E-state index is 12.2. The van der Waals surface area contributed by atoms with Crippen LogP contribution in [0.4, 0.5) is 0 Å². The van der Waals surface area contributed by atoms with Gasteiger partial charge < -0.3 is 15.4 Å². The predicted octanol–water partition coefficient (Wildman–Crippen LogP) is 2.25. The number of aliphatic hydroxyl groups is 1. The zero-order chi connectivity index (χ0) is 15.4. The first-order valence-corrected chi connectivity index (χ1v) is 8.34. The number of hydrogen-bond donors (Lipinski definition) is 3. The second-order valence-electron chi connectivity index (χ2n) is 5.30. The van der Waals surface area contributed by atoms with Gasteiger partial charge in [0.2, 0.25) is 5.91 Å². The van der Waals surface area contributed by atoms with Crippen LogP contribution in [0.1, 0.15) is 18.1 Å². The molecule has 2 aromatic rings. The average molecular weight is 306 g/mol. The minimum absolute atomic E-state index is 0.0163. The fraction of sp³-hybridized carbons (Fsp3) is 0.438. The third-order valence-electron chi connectivity index (χ3n) is 3.79. The highest BCUT2D eigenvalue weighted by molar-refractivity contribution is 7.99. The van der Waals surface area contributed by atoms with Crippen molar-refractivity contribution in [3.63, 3.8) is 0 Å². The Balaban J connectivity index is 2.07. The molecule has 1 amide bonds. The van der Waals surface area contributed by atoms with Crippen molar-refractivity contribution in [1.82, 2.24) is 10.3 Å². The SMILES string of the molecule is CSC(CO)C(C)NC(=O)Cc1c[nH]c2c(C)cccc12. The first-order chi connectivity index (χ1) is 10.1. The van der Waals surface area contributed by atoms with Crippen molar-refractivity contribution >= 4 is 28.6 Å². The molecule has 2 rings (SSSR count). The number of aromatic amines is 1. The number of carbonyl (C=O) groups is 1. The Bertz CT molecular complexity index is 620. The molecular weight excluding hydrogens is 284 g/mol. The molecule has 2 unspecified atom stereocenters. The number of rotatable bonds is 6. The number of benzene rings is 1. The van der Waals surface area contributed by atoms with Gasteiger partial charge in [-0.2, -0.15) is 11.8 Å². The highest BCUT2D eigenvalue weighted by Gasteiger charge is 2.18. The Labute approximate surface area is 129 Å². The maximum Gasteiger partial charge on any atom is 0.224 e. The fourth-order valence-corrected chi connectivity index (χ4v) is 3.14. The zero-order valence-corrected chi connectivity index (χ0v) is 13.5. The van der Waals surface area contributed by atoms with E-state index < -0.39 is 0 Å². The number of carbonyl (C=O) groups excluding carboxylic acids is 1. The van der Waals surface area contributed by atoms with Crippen molar-refractivity contribution in [2.75, 3.05) is 12.9 Å². The highest BCUT2D eigenvalue weighted by atomic mass is 32.2. The number of nitrogens with one attached hydrogen (secondary N) is 2. The van der Waals surface area contributed by atoms with Crippen LogP contribution in [0.2, 0.25) is 0 Å². The van der Waals surface area contributed by atoms with Crippen LogP contribution in [-0.2, 0) is 11.2 Å². The van der Waals surface area contributed by atoms with Gasteiger partial charge in [0.15, 0.2) is 0 Å². The van der Waals surface area contributed by atoms with E-state index in [0.717, 1.165) is 16.5 Å². The van der Waals surface area contributed by atoms with Crippen molar-refractivity contribution in [2.24, 2.45) is 0 Å². The summed E-state index contributed by atoms with van der Waals surface area (Å²) in [6, 6.07) is 6.04. The quantitative estimate of drug-likeness (QED) is 0.767. The lowest BCUT2D eigenvalue weighted by Gasteiger charge is -2.21. The second-order valence-corrected chi connectivity index (χ2v) is 6.38. The summed E-state index contributed by atoms with van der Waals surface area (Å²) >= 11 is 1.56.